The third-order valence-electron chi connectivity index (χ3n) is 3.36. The molecule has 0 unspecified atom stereocenters. The summed E-state index contributed by atoms with van der Waals surface area (Å²) in [6.07, 6.45) is 1.43. The number of quaternary nitrogens is 1. The summed E-state index contributed by atoms with van der Waals surface area (Å²) in [5, 5.41) is 17.3. The van der Waals surface area contributed by atoms with Crippen LogP contribution in [-0.4, -0.2) is 24.5 Å². The van der Waals surface area contributed by atoms with E-state index in [1.54, 1.807) is 12.1 Å². The van der Waals surface area contributed by atoms with Crippen LogP contribution in [0.15, 0.2) is 55.1 Å². The number of aliphatic carboxylic acids is 1. The van der Waals surface area contributed by atoms with E-state index in [0.29, 0.717) is 12.2 Å². The van der Waals surface area contributed by atoms with E-state index >= 15 is 0 Å². The molecule has 0 aliphatic heterocycles. The second-order valence-electron chi connectivity index (χ2n) is 4.96. The Hall–Kier alpha value is -2.66. The van der Waals surface area contributed by atoms with Crippen molar-refractivity contribution in [2.24, 2.45) is 0 Å². The molecule has 2 rings (SSSR count). The Bertz CT molecular complexity index is 692. The third-order valence-corrected chi connectivity index (χ3v) is 3.36. The van der Waals surface area contributed by atoms with Crippen LogP contribution in [0.2, 0.25) is 0 Å². The van der Waals surface area contributed by atoms with Gasteiger partial charge in [0.2, 0.25) is 5.91 Å². The molecule has 114 valence electrons. The lowest BCUT2D eigenvalue weighted by molar-refractivity contribution is -0.674. The molecule has 0 saturated carbocycles. The van der Waals surface area contributed by atoms with Crippen molar-refractivity contribution in [3.8, 4) is 0 Å². The molecule has 1 atom stereocenters. The fraction of sp³-hybridized carbons (Fsp3) is 0.176. The molecule has 2 aromatic rings. The van der Waals surface area contributed by atoms with Gasteiger partial charge in [0.05, 0.1) is 18.9 Å². The Balaban J connectivity index is 2.10. The average Bonchev–Trinajstić information content (AvgIpc) is 2.51. The molecule has 22 heavy (non-hydrogen) atoms. The highest BCUT2D eigenvalue weighted by atomic mass is 16.4. The van der Waals surface area contributed by atoms with Crippen LogP contribution in [-0.2, 0) is 9.59 Å². The first-order valence-electron chi connectivity index (χ1n) is 7.04. The van der Waals surface area contributed by atoms with E-state index in [0.717, 1.165) is 10.8 Å². The van der Waals surface area contributed by atoms with Crippen LogP contribution < -0.4 is 15.7 Å². The van der Waals surface area contributed by atoms with Gasteiger partial charge in [-0.1, -0.05) is 43.0 Å². The summed E-state index contributed by atoms with van der Waals surface area (Å²) in [5.41, 5.74) is 0.670. The molecule has 0 aliphatic carbocycles. The zero-order chi connectivity index (χ0) is 15.9. The number of nitrogens with one attached hydrogen (secondary N) is 1. The van der Waals surface area contributed by atoms with Crippen LogP contribution in [0.4, 0.5) is 5.69 Å². The van der Waals surface area contributed by atoms with Crippen LogP contribution in [0.3, 0.4) is 0 Å². The van der Waals surface area contributed by atoms with E-state index < -0.39 is 12.0 Å². The van der Waals surface area contributed by atoms with Gasteiger partial charge in [0.25, 0.3) is 0 Å². The SMILES string of the molecule is C=CC[NH2+][C@H](CC(=O)Nc1cccc2ccccc12)C(=O)[O-]. The van der Waals surface area contributed by atoms with Gasteiger partial charge in [-0.15, -0.1) is 0 Å². The normalized spacial score (nSPS) is 11.8. The molecule has 0 aromatic heterocycles. The Morgan fingerprint density at radius 1 is 1.23 bits per heavy atom. The maximum atomic E-state index is 12.1. The lowest BCUT2D eigenvalue weighted by Gasteiger charge is -2.16. The summed E-state index contributed by atoms with van der Waals surface area (Å²) in [7, 11) is 0. The van der Waals surface area contributed by atoms with E-state index in [1.807, 2.05) is 36.4 Å². The number of hydrogen-bond acceptors (Lipinski definition) is 3. The van der Waals surface area contributed by atoms with Gasteiger partial charge in [0.15, 0.2) is 0 Å². The number of fused-ring (bicyclic) bond motifs is 1. The molecule has 0 spiro atoms. The van der Waals surface area contributed by atoms with Crippen molar-refractivity contribution in [2.75, 3.05) is 11.9 Å². The molecule has 0 bridgehead atoms. The van der Waals surface area contributed by atoms with Crippen LogP contribution in [0, 0.1) is 0 Å². The summed E-state index contributed by atoms with van der Waals surface area (Å²) >= 11 is 0. The minimum atomic E-state index is -1.25. The predicted molar refractivity (Wildman–Crippen MR) is 83.0 cm³/mol. The second kappa shape index (κ2) is 7.38. The van der Waals surface area contributed by atoms with E-state index in [9.17, 15) is 14.7 Å². The quantitative estimate of drug-likeness (QED) is 0.708. The number of carbonyl (C=O) groups excluding carboxylic acids is 2. The van der Waals surface area contributed by atoms with Gasteiger partial charge in [-0.2, -0.15) is 0 Å². The molecule has 0 saturated heterocycles. The molecular formula is C17H18N2O3. The summed E-state index contributed by atoms with van der Waals surface area (Å²) in [6.45, 7) is 3.94. The molecular weight excluding hydrogens is 280 g/mol. The minimum absolute atomic E-state index is 0.153. The van der Waals surface area contributed by atoms with Crippen molar-refractivity contribution in [3.63, 3.8) is 0 Å². The van der Waals surface area contributed by atoms with Crippen molar-refractivity contribution >= 4 is 28.3 Å². The van der Waals surface area contributed by atoms with Crippen molar-refractivity contribution in [1.82, 2.24) is 0 Å². The first kappa shape index (κ1) is 15.7. The fourth-order valence-corrected chi connectivity index (χ4v) is 2.26. The van der Waals surface area contributed by atoms with E-state index in [2.05, 4.69) is 11.9 Å². The number of amides is 1. The highest BCUT2D eigenvalue weighted by molar-refractivity contribution is 6.02. The number of hydrogen-bond donors (Lipinski definition) is 2. The molecule has 0 fully saturated rings. The van der Waals surface area contributed by atoms with Crippen LogP contribution in [0.5, 0.6) is 0 Å². The zero-order valence-corrected chi connectivity index (χ0v) is 12.1. The van der Waals surface area contributed by atoms with Crippen LogP contribution in [0.1, 0.15) is 6.42 Å². The molecule has 3 N–H and O–H groups in total. The number of rotatable bonds is 7. The van der Waals surface area contributed by atoms with Crippen LogP contribution >= 0.6 is 0 Å². The Labute approximate surface area is 128 Å². The highest BCUT2D eigenvalue weighted by Gasteiger charge is 2.18. The maximum Gasteiger partial charge on any atom is 0.230 e. The summed E-state index contributed by atoms with van der Waals surface area (Å²) in [5.74, 6) is -1.61. The molecule has 5 heteroatoms. The number of benzene rings is 2. The lowest BCUT2D eigenvalue weighted by atomic mass is 10.1. The first-order valence-corrected chi connectivity index (χ1v) is 7.04. The lowest BCUT2D eigenvalue weighted by Crippen LogP contribution is -2.93. The smallest absolute Gasteiger partial charge is 0.230 e. The molecule has 0 radical (unpaired) electrons. The Kier molecular flexibility index (Phi) is 5.27. The first-order chi connectivity index (χ1) is 10.6. The van der Waals surface area contributed by atoms with Crippen molar-refractivity contribution in [2.45, 2.75) is 12.5 Å². The van der Waals surface area contributed by atoms with Gasteiger partial charge in [-0.05, 0) is 17.5 Å². The van der Waals surface area contributed by atoms with E-state index in [-0.39, 0.29) is 12.3 Å². The molecule has 0 aliphatic rings. The fourth-order valence-electron chi connectivity index (χ4n) is 2.26. The number of carboxylic acid groups (broad SMARTS) is 1. The van der Waals surface area contributed by atoms with E-state index in [4.69, 9.17) is 0 Å². The summed E-state index contributed by atoms with van der Waals surface area (Å²) in [4.78, 5) is 23.1. The van der Waals surface area contributed by atoms with Crippen molar-refractivity contribution in [3.05, 3.63) is 55.1 Å². The molecule has 0 heterocycles. The van der Waals surface area contributed by atoms with Gasteiger partial charge in [-0.25, -0.2) is 0 Å². The molecule has 1 amide bonds. The molecule has 5 nitrogen and oxygen atoms in total. The number of carboxylic acids is 1. The third kappa shape index (κ3) is 3.93. The topological polar surface area (TPSA) is 85.8 Å². The van der Waals surface area contributed by atoms with Gasteiger partial charge < -0.3 is 20.5 Å². The molecule has 2 aromatic carbocycles. The number of anilines is 1. The van der Waals surface area contributed by atoms with Crippen molar-refractivity contribution < 1.29 is 20.0 Å². The number of nitrogens with two attached hydrogens (primary N) is 1. The largest absolute Gasteiger partial charge is 0.544 e. The summed E-state index contributed by atoms with van der Waals surface area (Å²) in [6, 6.07) is 12.3. The second-order valence-corrected chi connectivity index (χ2v) is 4.96. The zero-order valence-electron chi connectivity index (χ0n) is 12.1. The van der Waals surface area contributed by atoms with Gasteiger partial charge in [-0.3, -0.25) is 4.79 Å². The van der Waals surface area contributed by atoms with Crippen molar-refractivity contribution in [1.29, 1.82) is 0 Å². The maximum absolute atomic E-state index is 12.1. The Morgan fingerprint density at radius 2 is 1.95 bits per heavy atom. The van der Waals surface area contributed by atoms with Gasteiger partial charge >= 0.3 is 0 Å². The average molecular weight is 298 g/mol. The van der Waals surface area contributed by atoms with Gasteiger partial charge in [0, 0.05) is 11.1 Å². The minimum Gasteiger partial charge on any atom is -0.544 e. The van der Waals surface area contributed by atoms with Crippen LogP contribution in [0.25, 0.3) is 10.8 Å². The number of carbonyl (C=O) groups is 2. The highest BCUT2D eigenvalue weighted by Crippen LogP contribution is 2.22. The van der Waals surface area contributed by atoms with Gasteiger partial charge in [0.1, 0.15) is 6.04 Å². The Morgan fingerprint density at radius 3 is 2.68 bits per heavy atom. The monoisotopic (exact) mass is 298 g/mol. The predicted octanol–water partition coefficient (Wildman–Crippen LogP) is 0.0363. The van der Waals surface area contributed by atoms with E-state index in [1.165, 1.54) is 5.32 Å². The standard InChI is InChI=1S/C17H18N2O3/c1-2-10-18-15(17(21)22)11-16(20)19-14-9-5-7-12-6-3-4-8-13(12)14/h2-9,15,18H,1,10-11H2,(H,19,20)(H,21,22)/t15-/m1/s1. The summed E-state index contributed by atoms with van der Waals surface area (Å²) < 4.78 is 0.